The Hall–Kier alpha value is -3.26. The average Bonchev–Trinajstić information content (AvgIpc) is 3.14. The van der Waals surface area contributed by atoms with Crippen molar-refractivity contribution in [2.75, 3.05) is 28.4 Å². The molecule has 31 heavy (non-hydrogen) atoms. The topological polar surface area (TPSA) is 71.3 Å². The number of amides is 1. The molecule has 1 amide bonds. The fraction of sp³-hybridized carbons (Fsp3) is 0.304. The second-order valence-corrected chi connectivity index (χ2v) is 7.75. The van der Waals surface area contributed by atoms with Gasteiger partial charge in [-0.25, -0.2) is 0 Å². The Morgan fingerprint density at radius 2 is 1.52 bits per heavy atom. The van der Waals surface area contributed by atoms with E-state index in [2.05, 4.69) is 11.1 Å². The van der Waals surface area contributed by atoms with Crippen LogP contribution in [0.1, 0.15) is 21.5 Å². The number of carbonyl (C=O) groups excluding carboxylic acids is 1. The van der Waals surface area contributed by atoms with Gasteiger partial charge in [-0.3, -0.25) is 4.79 Å². The lowest BCUT2D eigenvalue weighted by atomic mass is 10.0. The minimum absolute atomic E-state index is 0.345. The highest BCUT2D eigenvalue weighted by atomic mass is 32.1. The van der Waals surface area contributed by atoms with Gasteiger partial charge in [0, 0.05) is 23.6 Å². The van der Waals surface area contributed by atoms with Gasteiger partial charge in [0.15, 0.2) is 16.3 Å². The molecule has 0 atom stereocenters. The van der Waals surface area contributed by atoms with E-state index in [0.717, 1.165) is 28.1 Å². The standard InChI is InChI=1S/C23H26N2O5S/c1-13-8-15(9-18(27-4)14(13)2)17-12-31-23(25(17)3)24-22(26)16-10-19(28-5)21(30-7)20(11-16)29-6/h8-12H,1-7H3. The van der Waals surface area contributed by atoms with Crippen LogP contribution in [0.25, 0.3) is 11.3 Å². The second-order valence-electron chi connectivity index (χ2n) is 6.91. The van der Waals surface area contributed by atoms with E-state index in [9.17, 15) is 4.79 Å². The first-order valence-corrected chi connectivity index (χ1v) is 10.4. The number of nitrogens with zero attached hydrogens (tertiary/aromatic N) is 2. The van der Waals surface area contributed by atoms with Crippen molar-refractivity contribution in [2.24, 2.45) is 12.0 Å². The van der Waals surface area contributed by atoms with Crippen molar-refractivity contribution in [1.29, 1.82) is 0 Å². The summed E-state index contributed by atoms with van der Waals surface area (Å²) in [5, 5.41) is 1.98. The molecule has 0 unspecified atom stereocenters. The molecule has 0 bridgehead atoms. The molecule has 0 aliphatic carbocycles. The zero-order valence-corrected chi connectivity index (χ0v) is 19.5. The van der Waals surface area contributed by atoms with E-state index in [1.165, 1.54) is 32.7 Å². The van der Waals surface area contributed by atoms with Gasteiger partial charge < -0.3 is 23.5 Å². The molecule has 164 valence electrons. The summed E-state index contributed by atoms with van der Waals surface area (Å²) in [5.74, 6) is 1.65. The molecule has 2 aromatic carbocycles. The average molecular weight is 443 g/mol. The smallest absolute Gasteiger partial charge is 0.279 e. The number of methoxy groups -OCH3 is 4. The van der Waals surface area contributed by atoms with Crippen LogP contribution in [-0.2, 0) is 7.05 Å². The zero-order chi connectivity index (χ0) is 22.7. The van der Waals surface area contributed by atoms with E-state index >= 15 is 0 Å². The predicted molar refractivity (Wildman–Crippen MR) is 121 cm³/mol. The quantitative estimate of drug-likeness (QED) is 0.574. The van der Waals surface area contributed by atoms with Gasteiger partial charge in [-0.1, -0.05) is 0 Å². The third kappa shape index (κ3) is 4.29. The van der Waals surface area contributed by atoms with E-state index < -0.39 is 5.91 Å². The van der Waals surface area contributed by atoms with Gasteiger partial charge >= 0.3 is 0 Å². The summed E-state index contributed by atoms with van der Waals surface area (Å²) in [6.45, 7) is 4.08. The van der Waals surface area contributed by atoms with Crippen molar-refractivity contribution >= 4 is 17.2 Å². The zero-order valence-electron chi connectivity index (χ0n) is 18.7. The second kappa shape index (κ2) is 9.26. The van der Waals surface area contributed by atoms with Crippen molar-refractivity contribution in [2.45, 2.75) is 13.8 Å². The predicted octanol–water partition coefficient (Wildman–Crippen LogP) is 4.15. The summed E-state index contributed by atoms with van der Waals surface area (Å²) in [6, 6.07) is 7.28. The van der Waals surface area contributed by atoms with Crippen molar-refractivity contribution in [3.63, 3.8) is 0 Å². The van der Waals surface area contributed by atoms with Gasteiger partial charge in [0.2, 0.25) is 5.75 Å². The molecular formula is C23H26N2O5S. The van der Waals surface area contributed by atoms with Gasteiger partial charge in [-0.15, -0.1) is 11.3 Å². The van der Waals surface area contributed by atoms with Crippen LogP contribution in [-0.4, -0.2) is 38.9 Å². The molecule has 0 N–H and O–H groups in total. The van der Waals surface area contributed by atoms with Gasteiger partial charge in [-0.05, 0) is 49.2 Å². The molecule has 8 heteroatoms. The molecule has 0 saturated carbocycles. The highest BCUT2D eigenvalue weighted by molar-refractivity contribution is 7.07. The molecule has 7 nitrogen and oxygen atoms in total. The number of hydrogen-bond donors (Lipinski definition) is 0. The number of aryl methyl sites for hydroxylation is 1. The number of carbonyl (C=O) groups is 1. The first-order valence-electron chi connectivity index (χ1n) is 9.53. The van der Waals surface area contributed by atoms with Crippen molar-refractivity contribution in [3.8, 4) is 34.3 Å². The van der Waals surface area contributed by atoms with Crippen LogP contribution in [0.2, 0.25) is 0 Å². The molecule has 1 heterocycles. The van der Waals surface area contributed by atoms with Gasteiger partial charge in [0.25, 0.3) is 5.91 Å². The minimum Gasteiger partial charge on any atom is -0.496 e. The lowest BCUT2D eigenvalue weighted by Gasteiger charge is -2.13. The van der Waals surface area contributed by atoms with Crippen molar-refractivity contribution < 1.29 is 23.7 Å². The van der Waals surface area contributed by atoms with E-state index in [-0.39, 0.29) is 0 Å². The summed E-state index contributed by atoms with van der Waals surface area (Å²) in [4.78, 5) is 17.8. The monoisotopic (exact) mass is 442 g/mol. The molecule has 0 radical (unpaired) electrons. The fourth-order valence-electron chi connectivity index (χ4n) is 3.28. The number of ether oxygens (including phenoxy) is 4. The minimum atomic E-state index is -0.402. The van der Waals surface area contributed by atoms with Crippen LogP contribution in [0.5, 0.6) is 23.0 Å². The third-order valence-corrected chi connectivity index (χ3v) is 6.09. The maximum absolute atomic E-state index is 12.9. The van der Waals surface area contributed by atoms with Gasteiger partial charge in [0.1, 0.15) is 5.75 Å². The van der Waals surface area contributed by atoms with Crippen LogP contribution in [0.4, 0.5) is 0 Å². The highest BCUT2D eigenvalue weighted by Crippen LogP contribution is 2.38. The van der Waals surface area contributed by atoms with Crippen LogP contribution in [0.15, 0.2) is 34.6 Å². The maximum Gasteiger partial charge on any atom is 0.279 e. The van der Waals surface area contributed by atoms with Gasteiger partial charge in [0.05, 0.1) is 34.1 Å². The summed E-state index contributed by atoms with van der Waals surface area (Å²) in [7, 11) is 8.07. The lowest BCUT2D eigenvalue weighted by molar-refractivity contribution is 0.0997. The molecular weight excluding hydrogens is 416 g/mol. The number of rotatable bonds is 6. The maximum atomic E-state index is 12.9. The normalized spacial score (nSPS) is 11.4. The van der Waals surface area contributed by atoms with Crippen LogP contribution in [0.3, 0.4) is 0 Å². The molecule has 0 aliphatic rings. The highest BCUT2D eigenvalue weighted by Gasteiger charge is 2.17. The molecule has 0 aliphatic heterocycles. The van der Waals surface area contributed by atoms with Crippen LogP contribution in [0, 0.1) is 13.8 Å². The lowest BCUT2D eigenvalue weighted by Crippen LogP contribution is -2.14. The summed E-state index contributed by atoms with van der Waals surface area (Å²) in [6.07, 6.45) is 0. The number of thiazole rings is 1. The Morgan fingerprint density at radius 1 is 0.903 bits per heavy atom. The Bertz CT molecular complexity index is 1170. The Labute approximate surface area is 185 Å². The summed E-state index contributed by atoms with van der Waals surface area (Å²) < 4.78 is 23.4. The summed E-state index contributed by atoms with van der Waals surface area (Å²) >= 11 is 1.39. The molecule has 0 saturated heterocycles. The molecule has 3 rings (SSSR count). The van der Waals surface area contributed by atoms with E-state index in [1.807, 2.05) is 36.9 Å². The first-order chi connectivity index (χ1) is 14.8. The SMILES string of the molecule is COc1cc(-c2csc(=NC(=O)c3cc(OC)c(OC)c(OC)c3)n2C)cc(C)c1C. The molecule has 3 aromatic rings. The van der Waals surface area contributed by atoms with E-state index in [1.54, 1.807) is 19.2 Å². The number of hydrogen-bond acceptors (Lipinski definition) is 6. The number of aromatic nitrogens is 1. The molecule has 0 spiro atoms. The number of benzene rings is 2. The van der Waals surface area contributed by atoms with E-state index in [4.69, 9.17) is 18.9 Å². The fourth-order valence-corrected chi connectivity index (χ4v) is 4.18. The van der Waals surface area contributed by atoms with Crippen LogP contribution < -0.4 is 23.7 Å². The van der Waals surface area contributed by atoms with Crippen molar-refractivity contribution in [1.82, 2.24) is 4.57 Å². The summed E-state index contributed by atoms with van der Waals surface area (Å²) in [5.41, 5.74) is 4.53. The Balaban J connectivity index is 2.04. The Kier molecular flexibility index (Phi) is 6.70. The van der Waals surface area contributed by atoms with Crippen LogP contribution >= 0.6 is 11.3 Å². The van der Waals surface area contributed by atoms with Gasteiger partial charge in [-0.2, -0.15) is 4.99 Å². The first kappa shape index (κ1) is 22.4. The largest absolute Gasteiger partial charge is 0.496 e. The molecule has 0 fully saturated rings. The van der Waals surface area contributed by atoms with Crippen molar-refractivity contribution in [3.05, 3.63) is 51.1 Å². The Morgan fingerprint density at radius 3 is 2.06 bits per heavy atom. The third-order valence-electron chi connectivity index (χ3n) is 5.17. The van der Waals surface area contributed by atoms with E-state index in [0.29, 0.717) is 27.6 Å². The molecule has 1 aromatic heterocycles.